The largest absolute Gasteiger partial charge is 0.292 e. The summed E-state index contributed by atoms with van der Waals surface area (Å²) in [5.74, 6) is 2.24. The summed E-state index contributed by atoms with van der Waals surface area (Å²) >= 11 is 0. The molecule has 0 radical (unpaired) electrons. The Labute approximate surface area is 631 Å². The Morgan fingerprint density at radius 3 is 0.972 bits per heavy atom. The summed E-state index contributed by atoms with van der Waals surface area (Å²) in [5.41, 5.74) is 26.0. The Morgan fingerprint density at radius 2 is 0.523 bits per heavy atom. The van der Waals surface area contributed by atoms with Crippen LogP contribution in [-0.4, -0.2) is 39.5 Å². The van der Waals surface area contributed by atoms with E-state index in [4.69, 9.17) is 34.9 Å². The van der Waals surface area contributed by atoms with Crippen LogP contribution in [0.5, 0.6) is 0 Å². The van der Waals surface area contributed by atoms with Crippen molar-refractivity contribution in [3.8, 4) is 141 Å². The zero-order valence-corrected chi connectivity index (χ0v) is 59.2. The van der Waals surface area contributed by atoms with Crippen LogP contribution in [0.4, 0.5) is 0 Å². The van der Waals surface area contributed by atoms with Crippen LogP contribution in [0.1, 0.15) is 0 Å². The summed E-state index contributed by atoms with van der Waals surface area (Å²) in [7, 11) is 0. The summed E-state index contributed by atoms with van der Waals surface area (Å²) < 4.78 is 2.24. The minimum atomic E-state index is 0.653. The lowest BCUT2D eigenvalue weighted by Crippen LogP contribution is -1.98. The van der Waals surface area contributed by atoms with E-state index in [1.807, 2.05) is 97.1 Å². The van der Waals surface area contributed by atoms with Gasteiger partial charge in [0.15, 0.2) is 11.6 Å². The first-order valence-electron chi connectivity index (χ1n) is 36.7. The van der Waals surface area contributed by atoms with Gasteiger partial charge in [-0.25, -0.2) is 34.9 Å². The van der Waals surface area contributed by atoms with Crippen LogP contribution in [0.3, 0.4) is 0 Å². The molecule has 20 aromatic rings. The Hall–Kier alpha value is -14.7. The zero-order valence-electron chi connectivity index (χ0n) is 59.2. The number of hydrogen-bond acceptors (Lipinski definition) is 7. The normalized spacial score (nSPS) is 11.3. The molecule has 0 saturated carbocycles. The quantitative estimate of drug-likeness (QED) is 0.0838. The van der Waals surface area contributed by atoms with E-state index in [0.717, 1.165) is 129 Å². The second-order valence-electron chi connectivity index (χ2n) is 27.1. The Balaban J connectivity index is 0.000000151. The molecule has 15 aromatic carbocycles. The van der Waals surface area contributed by atoms with Gasteiger partial charge in [0.2, 0.25) is 0 Å². The summed E-state index contributed by atoms with van der Waals surface area (Å²) in [6, 6.07) is 139. The van der Waals surface area contributed by atoms with Crippen LogP contribution in [0.25, 0.3) is 195 Å². The lowest BCUT2D eigenvalue weighted by atomic mass is 9.91. The molecule has 510 valence electrons. The minimum absolute atomic E-state index is 0.653. The van der Waals surface area contributed by atoms with Crippen LogP contribution < -0.4 is 0 Å². The SMILES string of the molecule is c1ccc(-c2cc(-c3cc(-c4cc(-c5ccccc5)nc(-c5ccccc5)n4)cc(-c4cc(-c5ccccc5)nc(-c5ccccc5)n4)c3)cc(-c3ccccc3)n2)cc1.c1ccc(-n2c(-c3ccc(-c4ccc(-c5c6ccc7ccccc7c6nc6c5ccc5ccccc56)cc4)cc3)nc3ccccc32)cc1. The maximum Gasteiger partial charge on any atom is 0.160 e. The van der Waals surface area contributed by atoms with E-state index in [9.17, 15) is 0 Å². The number of imidazole rings is 1. The average Bonchev–Trinajstić information content (AvgIpc) is 1.55. The maximum atomic E-state index is 5.35. The molecule has 8 nitrogen and oxygen atoms in total. The number of rotatable bonds is 13. The van der Waals surface area contributed by atoms with Gasteiger partial charge in [0.05, 0.1) is 56.2 Å². The van der Waals surface area contributed by atoms with Crippen LogP contribution in [-0.2, 0) is 0 Å². The molecular formula is C101H66N8. The van der Waals surface area contributed by atoms with E-state index in [1.54, 1.807) is 0 Å². The predicted octanol–water partition coefficient (Wildman–Crippen LogP) is 25.7. The van der Waals surface area contributed by atoms with Gasteiger partial charge in [-0.2, -0.15) is 0 Å². The number of aromatic nitrogens is 8. The van der Waals surface area contributed by atoms with Crippen molar-refractivity contribution in [1.29, 1.82) is 0 Å². The van der Waals surface area contributed by atoms with E-state index in [0.29, 0.717) is 11.6 Å². The molecule has 8 heteroatoms. The smallest absolute Gasteiger partial charge is 0.160 e. The van der Waals surface area contributed by atoms with Gasteiger partial charge in [0.25, 0.3) is 0 Å². The number of nitrogens with zero attached hydrogens (tertiary/aromatic N) is 8. The maximum absolute atomic E-state index is 5.35. The Morgan fingerprint density at radius 1 is 0.183 bits per heavy atom. The number of para-hydroxylation sites is 3. The molecule has 0 amide bonds. The molecule has 0 aliphatic carbocycles. The van der Waals surface area contributed by atoms with Crippen molar-refractivity contribution in [2.24, 2.45) is 0 Å². The van der Waals surface area contributed by atoms with Gasteiger partial charge in [-0.15, -0.1) is 0 Å². The first-order chi connectivity index (χ1) is 54.0. The zero-order chi connectivity index (χ0) is 72.4. The fourth-order valence-electron chi connectivity index (χ4n) is 14.9. The van der Waals surface area contributed by atoms with E-state index in [1.165, 1.54) is 54.6 Å². The molecule has 5 aromatic heterocycles. The van der Waals surface area contributed by atoms with E-state index in [-0.39, 0.29) is 0 Å². The molecule has 5 heterocycles. The van der Waals surface area contributed by atoms with Crippen molar-refractivity contribution in [2.75, 3.05) is 0 Å². The van der Waals surface area contributed by atoms with E-state index < -0.39 is 0 Å². The fourth-order valence-corrected chi connectivity index (χ4v) is 14.9. The number of benzene rings is 15. The average molecular weight is 1390 g/mol. The molecule has 0 fully saturated rings. The molecule has 109 heavy (non-hydrogen) atoms. The molecule has 0 bridgehead atoms. The topological polar surface area (TPSA) is 95.2 Å². The summed E-state index contributed by atoms with van der Waals surface area (Å²) in [6.45, 7) is 0. The van der Waals surface area contributed by atoms with Crippen molar-refractivity contribution < 1.29 is 0 Å². The first-order valence-corrected chi connectivity index (χ1v) is 36.7. The molecule has 0 atom stereocenters. The van der Waals surface area contributed by atoms with Gasteiger partial charge >= 0.3 is 0 Å². The van der Waals surface area contributed by atoms with Gasteiger partial charge in [-0.05, 0) is 105 Å². The minimum Gasteiger partial charge on any atom is -0.292 e. The van der Waals surface area contributed by atoms with Crippen molar-refractivity contribution in [3.63, 3.8) is 0 Å². The van der Waals surface area contributed by atoms with Crippen molar-refractivity contribution in [1.82, 2.24) is 39.5 Å². The van der Waals surface area contributed by atoms with Gasteiger partial charge in [0, 0.05) is 82.9 Å². The first kappa shape index (κ1) is 65.1. The second kappa shape index (κ2) is 28.7. The molecule has 0 spiro atoms. The predicted molar refractivity (Wildman–Crippen MR) is 450 cm³/mol. The van der Waals surface area contributed by atoms with Crippen LogP contribution in [0, 0.1) is 0 Å². The van der Waals surface area contributed by atoms with Gasteiger partial charge in [0.1, 0.15) is 5.82 Å². The molecule has 0 unspecified atom stereocenters. The standard InChI is InChI=1S/C55H37N5.C46H29N3/c1-7-19-38(20-8-1)48-34-45(35-49(56-48)39-21-9-2-10-22-39)44-31-46(52-36-50(40-23-11-3-12-24-40)57-54(59-52)42-27-15-5-16-28-42)33-47(32-44)53-37-51(41-25-13-4-14-26-41)58-55(60-53)43-29-17-6-18-30-43;1-2-12-36(13-3-1)49-42-17-9-8-16-41(42)47-46(49)35-24-20-31(21-25-35)30-18-22-34(23-19-30)43-39-28-26-32-10-4-6-14-37(32)44(39)48-45-38-15-7-5-11-33(38)27-29-40(43)45/h1-37H;1-29H. The van der Waals surface area contributed by atoms with E-state index in [2.05, 4.69) is 308 Å². The highest BCUT2D eigenvalue weighted by Gasteiger charge is 2.21. The number of pyridine rings is 2. The molecular weight excluding hydrogens is 1330 g/mol. The fraction of sp³-hybridized carbons (Fsp3) is 0. The van der Waals surface area contributed by atoms with Gasteiger partial charge in [-0.3, -0.25) is 4.57 Å². The summed E-state index contributed by atoms with van der Waals surface area (Å²) in [4.78, 5) is 36.4. The van der Waals surface area contributed by atoms with Crippen LogP contribution in [0.15, 0.2) is 400 Å². The third kappa shape index (κ3) is 13.0. The van der Waals surface area contributed by atoms with Gasteiger partial charge in [-0.1, -0.05) is 334 Å². The Bertz CT molecular complexity index is 6110. The molecule has 0 aliphatic rings. The van der Waals surface area contributed by atoms with Crippen molar-refractivity contribution in [3.05, 3.63) is 400 Å². The second-order valence-corrected chi connectivity index (χ2v) is 27.1. The van der Waals surface area contributed by atoms with Crippen LogP contribution >= 0.6 is 0 Å². The monoisotopic (exact) mass is 1390 g/mol. The van der Waals surface area contributed by atoms with Crippen LogP contribution in [0.2, 0.25) is 0 Å². The number of hydrogen-bond donors (Lipinski definition) is 0. The molecule has 20 rings (SSSR count). The summed E-state index contributed by atoms with van der Waals surface area (Å²) in [5, 5.41) is 7.08. The third-order valence-corrected chi connectivity index (χ3v) is 20.3. The van der Waals surface area contributed by atoms with Crippen molar-refractivity contribution >= 4 is 54.4 Å². The Kier molecular flexibility index (Phi) is 17.1. The highest BCUT2D eigenvalue weighted by molar-refractivity contribution is 6.21. The highest BCUT2D eigenvalue weighted by atomic mass is 15.1. The lowest BCUT2D eigenvalue weighted by Gasteiger charge is -2.15. The molecule has 0 N–H and O–H groups in total. The molecule has 0 aliphatic heterocycles. The third-order valence-electron chi connectivity index (χ3n) is 20.3. The molecule has 0 saturated heterocycles. The van der Waals surface area contributed by atoms with Crippen molar-refractivity contribution in [2.45, 2.75) is 0 Å². The highest BCUT2D eigenvalue weighted by Crippen LogP contribution is 2.43. The lowest BCUT2D eigenvalue weighted by molar-refractivity contribution is 1.10. The summed E-state index contributed by atoms with van der Waals surface area (Å²) in [6.07, 6.45) is 0. The van der Waals surface area contributed by atoms with Gasteiger partial charge < -0.3 is 0 Å². The van der Waals surface area contributed by atoms with E-state index >= 15 is 0 Å². The number of fused-ring (bicyclic) bond motifs is 7.